The van der Waals surface area contributed by atoms with Gasteiger partial charge < -0.3 is 31.3 Å². The molecular formula is C18H31NO8. The number of para-hydroxylation sites is 1. The summed E-state index contributed by atoms with van der Waals surface area (Å²) in [5.74, 6) is -1.52. The van der Waals surface area contributed by atoms with Crippen LogP contribution in [0.3, 0.4) is 0 Å². The Hall–Kier alpha value is -2.65. The molecular weight excluding hydrogens is 358 g/mol. The van der Waals surface area contributed by atoms with Crippen molar-refractivity contribution in [1.82, 2.24) is 0 Å². The molecule has 156 valence electrons. The van der Waals surface area contributed by atoms with E-state index in [1.54, 1.807) is 0 Å². The number of nitrogen functional groups attached to an aromatic ring is 1. The van der Waals surface area contributed by atoms with Crippen molar-refractivity contribution in [3.05, 3.63) is 30.3 Å². The first-order chi connectivity index (χ1) is 12.8. The van der Waals surface area contributed by atoms with E-state index in [0.717, 1.165) is 24.9 Å². The molecule has 9 heteroatoms. The lowest BCUT2D eigenvalue weighted by Crippen LogP contribution is -1.95. The molecule has 0 bridgehead atoms. The van der Waals surface area contributed by atoms with E-state index in [1.165, 1.54) is 0 Å². The van der Waals surface area contributed by atoms with Gasteiger partial charge in [-0.1, -0.05) is 37.5 Å². The third-order valence-corrected chi connectivity index (χ3v) is 2.68. The summed E-state index contributed by atoms with van der Waals surface area (Å²) in [7, 11) is 0. The van der Waals surface area contributed by atoms with Gasteiger partial charge in [0, 0.05) is 18.5 Å². The molecule has 0 unspecified atom stereocenters. The Balaban J connectivity index is -0.000000341. The molecule has 0 aliphatic heterocycles. The van der Waals surface area contributed by atoms with E-state index in [1.807, 2.05) is 30.3 Å². The highest BCUT2D eigenvalue weighted by Crippen LogP contribution is 2.06. The number of hydrogen-bond donors (Lipinski definition) is 6. The average Bonchev–Trinajstić information content (AvgIpc) is 2.62. The van der Waals surface area contributed by atoms with Gasteiger partial charge in [0.05, 0.1) is 13.2 Å². The Bertz CT molecular complexity index is 434. The van der Waals surface area contributed by atoms with E-state index in [4.69, 9.17) is 36.1 Å². The predicted octanol–water partition coefficient (Wildman–Crippen LogP) is 1.83. The van der Waals surface area contributed by atoms with Gasteiger partial charge in [0.1, 0.15) is 0 Å². The lowest BCUT2D eigenvalue weighted by Gasteiger charge is -1.97. The summed E-state index contributed by atoms with van der Waals surface area (Å²) < 4.78 is 0. The number of carbonyl (C=O) groups is 3. The topological polar surface area (TPSA) is 178 Å². The highest BCUT2D eigenvalue weighted by molar-refractivity contribution is 5.66. The minimum atomic E-state index is -0.759. The summed E-state index contributed by atoms with van der Waals surface area (Å²) >= 11 is 0. The van der Waals surface area contributed by atoms with E-state index >= 15 is 0 Å². The van der Waals surface area contributed by atoms with Crippen LogP contribution in [0.25, 0.3) is 0 Å². The molecule has 0 aromatic heterocycles. The molecule has 0 aliphatic rings. The smallest absolute Gasteiger partial charge is 0.303 e. The summed E-state index contributed by atoms with van der Waals surface area (Å²) in [5, 5.41) is 38.8. The molecule has 7 N–H and O–H groups in total. The van der Waals surface area contributed by atoms with E-state index in [-0.39, 0.29) is 32.5 Å². The van der Waals surface area contributed by atoms with E-state index < -0.39 is 11.9 Å². The first-order valence-electron chi connectivity index (χ1n) is 8.39. The molecule has 0 radical (unpaired) electrons. The normalized spacial score (nSPS) is 8.52. The number of anilines is 1. The zero-order valence-corrected chi connectivity index (χ0v) is 15.4. The Morgan fingerprint density at radius 3 is 1.37 bits per heavy atom. The van der Waals surface area contributed by atoms with Gasteiger partial charge in [0.15, 0.2) is 0 Å². The van der Waals surface area contributed by atoms with Crippen LogP contribution in [0, 0.1) is 0 Å². The number of aliphatic hydroxyl groups is 2. The predicted molar refractivity (Wildman–Crippen MR) is 101 cm³/mol. The molecule has 1 aromatic carbocycles. The van der Waals surface area contributed by atoms with Crippen molar-refractivity contribution in [1.29, 1.82) is 0 Å². The molecule has 0 spiro atoms. The number of carboxylic acid groups (broad SMARTS) is 3. The van der Waals surface area contributed by atoms with E-state index in [0.29, 0.717) is 12.8 Å². The van der Waals surface area contributed by atoms with E-state index in [9.17, 15) is 9.59 Å². The molecule has 0 amide bonds. The third kappa shape index (κ3) is 39.8. The maximum absolute atomic E-state index is 10.1. The van der Waals surface area contributed by atoms with Gasteiger partial charge in [-0.25, -0.2) is 0 Å². The summed E-state index contributed by atoms with van der Waals surface area (Å²) in [5.41, 5.74) is 6.18. The molecule has 0 saturated heterocycles. The summed E-state index contributed by atoms with van der Waals surface area (Å²) in [6, 6.07) is 9.49. The second-order valence-electron chi connectivity index (χ2n) is 5.02. The molecule has 0 saturated carbocycles. The Morgan fingerprint density at radius 2 is 1.15 bits per heavy atom. The minimum Gasteiger partial charge on any atom is -0.483 e. The summed E-state index contributed by atoms with van der Waals surface area (Å²) in [6.07, 6.45) is 4.53. The van der Waals surface area contributed by atoms with E-state index in [2.05, 4.69) is 0 Å². The highest BCUT2D eigenvalue weighted by atomic mass is 16.4. The largest absolute Gasteiger partial charge is 0.483 e. The fourth-order valence-corrected chi connectivity index (χ4v) is 1.54. The Kier molecular flexibility index (Phi) is 27.6. The summed E-state index contributed by atoms with van der Waals surface area (Å²) in [4.78, 5) is 28.6. The van der Waals surface area contributed by atoms with Crippen molar-refractivity contribution in [2.24, 2.45) is 0 Å². The van der Waals surface area contributed by atoms with Crippen LogP contribution in [0.1, 0.15) is 44.9 Å². The van der Waals surface area contributed by atoms with Crippen LogP contribution in [-0.4, -0.2) is 57.2 Å². The molecule has 27 heavy (non-hydrogen) atoms. The first kappa shape index (κ1) is 29.1. The lowest BCUT2D eigenvalue weighted by atomic mass is 10.1. The van der Waals surface area contributed by atoms with Crippen LogP contribution in [0.5, 0.6) is 0 Å². The number of benzene rings is 1. The minimum absolute atomic E-state index is 0.125. The van der Waals surface area contributed by atoms with Crippen LogP contribution in [0.2, 0.25) is 0 Å². The van der Waals surface area contributed by atoms with Crippen LogP contribution in [-0.2, 0) is 14.4 Å². The van der Waals surface area contributed by atoms with Crippen molar-refractivity contribution < 1.29 is 39.9 Å². The monoisotopic (exact) mass is 389 g/mol. The fourth-order valence-electron chi connectivity index (χ4n) is 1.54. The van der Waals surface area contributed by atoms with Gasteiger partial charge in [0.25, 0.3) is 6.47 Å². The second-order valence-corrected chi connectivity index (χ2v) is 5.02. The third-order valence-electron chi connectivity index (χ3n) is 2.68. The number of hydrogen-bond acceptors (Lipinski definition) is 6. The zero-order chi connectivity index (χ0) is 21.3. The number of aliphatic carboxylic acids is 2. The number of aliphatic hydroxyl groups excluding tert-OH is 2. The van der Waals surface area contributed by atoms with Gasteiger partial charge >= 0.3 is 11.9 Å². The Morgan fingerprint density at radius 1 is 0.815 bits per heavy atom. The van der Waals surface area contributed by atoms with Crippen molar-refractivity contribution >= 4 is 24.1 Å². The molecule has 0 heterocycles. The maximum Gasteiger partial charge on any atom is 0.303 e. The first-order valence-corrected chi connectivity index (χ1v) is 8.39. The molecule has 0 aliphatic carbocycles. The van der Waals surface area contributed by atoms with Crippen LogP contribution in [0.15, 0.2) is 30.3 Å². The maximum atomic E-state index is 10.1. The van der Waals surface area contributed by atoms with Crippen molar-refractivity contribution in [2.75, 3.05) is 18.9 Å². The van der Waals surface area contributed by atoms with Gasteiger partial charge in [-0.15, -0.1) is 0 Å². The standard InChI is InChI=1S/C9H16O4.C6H7N.C2H6O2.CH2O2/c10-8(11)6-4-2-1-3-5-7-9(12)13;7-6-4-2-1-3-5-6;3-1-2-4;2-1-3/h1-7H2,(H,10,11)(H,12,13);1-5H,7H2;3-4H,1-2H2;1H,(H,2,3). The van der Waals surface area contributed by atoms with Gasteiger partial charge in [-0.05, 0) is 25.0 Å². The number of carboxylic acids is 2. The van der Waals surface area contributed by atoms with Crippen molar-refractivity contribution in [2.45, 2.75) is 44.9 Å². The van der Waals surface area contributed by atoms with Gasteiger partial charge in [0.2, 0.25) is 0 Å². The number of rotatable bonds is 9. The van der Waals surface area contributed by atoms with Gasteiger partial charge in [-0.3, -0.25) is 14.4 Å². The zero-order valence-electron chi connectivity index (χ0n) is 15.4. The van der Waals surface area contributed by atoms with Crippen molar-refractivity contribution in [3.8, 4) is 0 Å². The number of nitrogens with two attached hydrogens (primary N) is 1. The second kappa shape index (κ2) is 25.6. The fraction of sp³-hybridized carbons (Fsp3) is 0.500. The quantitative estimate of drug-likeness (QED) is 0.209. The molecule has 1 rings (SSSR count). The lowest BCUT2D eigenvalue weighted by molar-refractivity contribution is -0.138. The summed E-state index contributed by atoms with van der Waals surface area (Å²) in [6.45, 7) is -0.500. The highest BCUT2D eigenvalue weighted by Gasteiger charge is 1.98. The average molecular weight is 389 g/mol. The van der Waals surface area contributed by atoms with Crippen molar-refractivity contribution in [3.63, 3.8) is 0 Å². The van der Waals surface area contributed by atoms with Crippen LogP contribution >= 0.6 is 0 Å². The van der Waals surface area contributed by atoms with Crippen LogP contribution in [0.4, 0.5) is 5.69 Å². The van der Waals surface area contributed by atoms with Gasteiger partial charge in [-0.2, -0.15) is 0 Å². The molecule has 1 aromatic rings. The molecule has 9 nitrogen and oxygen atoms in total. The van der Waals surface area contributed by atoms with Crippen LogP contribution < -0.4 is 5.73 Å². The SMILES string of the molecule is Nc1ccccc1.O=C(O)CCCCCCCC(=O)O.O=CO.OCCO. The molecule has 0 atom stereocenters. The molecule has 0 fully saturated rings. The number of unbranched alkanes of at least 4 members (excludes halogenated alkanes) is 4. The Labute approximate surface area is 159 Å².